The van der Waals surface area contributed by atoms with Crippen molar-refractivity contribution < 1.29 is 14.3 Å². The molecule has 110 valence electrons. The van der Waals surface area contributed by atoms with Crippen LogP contribution in [0, 0.1) is 5.41 Å². The first-order chi connectivity index (χ1) is 8.90. The summed E-state index contributed by atoms with van der Waals surface area (Å²) in [5.74, 6) is 0. The Labute approximate surface area is 115 Å². The highest BCUT2D eigenvalue weighted by Gasteiger charge is 2.38. The first-order valence-electron chi connectivity index (χ1n) is 7.17. The van der Waals surface area contributed by atoms with Gasteiger partial charge in [-0.05, 0) is 33.6 Å². The number of hydrogen-bond donors (Lipinski definition) is 1. The average molecular weight is 270 g/mol. The third kappa shape index (κ3) is 4.08. The highest BCUT2D eigenvalue weighted by molar-refractivity contribution is 5.68. The summed E-state index contributed by atoms with van der Waals surface area (Å²) >= 11 is 0. The number of nitrogens with zero attached hydrogens (tertiary/aromatic N) is 1. The molecular weight excluding hydrogens is 244 g/mol. The van der Waals surface area contributed by atoms with Gasteiger partial charge in [0.2, 0.25) is 0 Å². The molecule has 2 aliphatic heterocycles. The number of rotatable bonds is 0. The van der Waals surface area contributed by atoms with Gasteiger partial charge in [0.05, 0.1) is 0 Å². The van der Waals surface area contributed by atoms with Crippen LogP contribution in [0.25, 0.3) is 0 Å². The Balaban J connectivity index is 2.01. The Hall–Kier alpha value is -0.810. The molecule has 2 aliphatic rings. The third-order valence-corrected chi connectivity index (χ3v) is 3.79. The molecule has 5 nitrogen and oxygen atoms in total. The fourth-order valence-corrected chi connectivity index (χ4v) is 2.73. The molecule has 0 aromatic heterocycles. The van der Waals surface area contributed by atoms with Crippen molar-refractivity contribution in [3.8, 4) is 0 Å². The Morgan fingerprint density at radius 2 is 2.00 bits per heavy atom. The number of nitrogens with one attached hydrogen (secondary N) is 1. The van der Waals surface area contributed by atoms with Crippen LogP contribution in [0.1, 0.15) is 33.6 Å². The Kier molecular flexibility index (Phi) is 4.36. The SMILES string of the molecule is CC(C)(C)OC(=O)N1CCNCC2(CCOCC2)C1. The van der Waals surface area contributed by atoms with E-state index < -0.39 is 5.60 Å². The topological polar surface area (TPSA) is 50.8 Å². The van der Waals surface area contributed by atoms with Crippen molar-refractivity contribution in [3.05, 3.63) is 0 Å². The lowest BCUT2D eigenvalue weighted by molar-refractivity contribution is -0.0107. The van der Waals surface area contributed by atoms with Gasteiger partial charge in [0.1, 0.15) is 5.60 Å². The quantitative estimate of drug-likeness (QED) is 0.727. The van der Waals surface area contributed by atoms with Gasteiger partial charge in [-0.1, -0.05) is 0 Å². The van der Waals surface area contributed by atoms with E-state index in [0.29, 0.717) is 0 Å². The van der Waals surface area contributed by atoms with Crippen molar-refractivity contribution in [2.24, 2.45) is 5.41 Å². The summed E-state index contributed by atoms with van der Waals surface area (Å²) in [6.45, 7) is 10.6. The van der Waals surface area contributed by atoms with Gasteiger partial charge in [-0.3, -0.25) is 0 Å². The van der Waals surface area contributed by atoms with Crippen LogP contribution in [0.5, 0.6) is 0 Å². The van der Waals surface area contributed by atoms with Crippen LogP contribution in [0.2, 0.25) is 0 Å². The van der Waals surface area contributed by atoms with E-state index in [0.717, 1.165) is 52.2 Å². The maximum Gasteiger partial charge on any atom is 0.410 e. The normalized spacial score (nSPS) is 24.1. The van der Waals surface area contributed by atoms with Gasteiger partial charge >= 0.3 is 6.09 Å². The second-order valence-corrected chi connectivity index (χ2v) is 6.69. The van der Waals surface area contributed by atoms with Gasteiger partial charge in [-0.2, -0.15) is 0 Å². The molecule has 2 fully saturated rings. The van der Waals surface area contributed by atoms with E-state index in [1.165, 1.54) is 0 Å². The van der Waals surface area contributed by atoms with E-state index in [9.17, 15) is 4.79 Å². The summed E-state index contributed by atoms with van der Waals surface area (Å²) in [5.41, 5.74) is -0.273. The van der Waals surface area contributed by atoms with E-state index >= 15 is 0 Å². The molecule has 0 aliphatic carbocycles. The summed E-state index contributed by atoms with van der Waals surface area (Å²) in [6.07, 6.45) is 1.83. The molecule has 0 atom stereocenters. The molecule has 2 saturated heterocycles. The summed E-state index contributed by atoms with van der Waals surface area (Å²) in [4.78, 5) is 14.1. The Morgan fingerprint density at radius 3 is 2.63 bits per heavy atom. The van der Waals surface area contributed by atoms with E-state index in [2.05, 4.69) is 5.32 Å². The van der Waals surface area contributed by atoms with Crippen LogP contribution in [-0.4, -0.2) is 56.0 Å². The van der Waals surface area contributed by atoms with Crippen LogP contribution in [0.3, 0.4) is 0 Å². The zero-order chi connectivity index (χ0) is 13.9. The smallest absolute Gasteiger partial charge is 0.410 e. The van der Waals surface area contributed by atoms with Crippen LogP contribution in [-0.2, 0) is 9.47 Å². The number of hydrogen-bond acceptors (Lipinski definition) is 4. The van der Waals surface area contributed by atoms with Gasteiger partial charge < -0.3 is 19.7 Å². The standard InChI is InChI=1S/C14H26N2O3/c1-13(2,3)19-12(17)16-7-6-15-10-14(11-16)4-8-18-9-5-14/h15H,4-11H2,1-3H3. The molecule has 5 heteroatoms. The van der Waals surface area contributed by atoms with Crippen LogP contribution >= 0.6 is 0 Å². The maximum atomic E-state index is 12.2. The molecule has 1 spiro atoms. The largest absolute Gasteiger partial charge is 0.444 e. The van der Waals surface area contributed by atoms with Gasteiger partial charge in [0.15, 0.2) is 0 Å². The third-order valence-electron chi connectivity index (χ3n) is 3.79. The molecule has 2 heterocycles. The van der Waals surface area contributed by atoms with E-state index in [1.54, 1.807) is 0 Å². The Bertz CT molecular complexity index is 319. The molecule has 1 N–H and O–H groups in total. The van der Waals surface area contributed by atoms with Crippen molar-refractivity contribution in [3.63, 3.8) is 0 Å². The zero-order valence-electron chi connectivity index (χ0n) is 12.3. The molecule has 0 saturated carbocycles. The highest BCUT2D eigenvalue weighted by atomic mass is 16.6. The van der Waals surface area contributed by atoms with Crippen molar-refractivity contribution in [2.45, 2.75) is 39.2 Å². The van der Waals surface area contributed by atoms with E-state index in [4.69, 9.17) is 9.47 Å². The lowest BCUT2D eigenvalue weighted by Crippen LogP contribution is -2.46. The van der Waals surface area contributed by atoms with Gasteiger partial charge in [0.25, 0.3) is 0 Å². The maximum absolute atomic E-state index is 12.2. The van der Waals surface area contributed by atoms with Crippen molar-refractivity contribution >= 4 is 6.09 Å². The fraction of sp³-hybridized carbons (Fsp3) is 0.929. The first kappa shape index (κ1) is 14.6. The van der Waals surface area contributed by atoms with Crippen LogP contribution < -0.4 is 5.32 Å². The van der Waals surface area contributed by atoms with E-state index in [-0.39, 0.29) is 11.5 Å². The summed E-state index contributed by atoms with van der Waals surface area (Å²) in [5, 5.41) is 3.45. The number of carbonyl (C=O) groups excluding carboxylic acids is 1. The number of amides is 1. The molecule has 0 bridgehead atoms. The van der Waals surface area contributed by atoms with Crippen molar-refractivity contribution in [1.29, 1.82) is 0 Å². The zero-order valence-corrected chi connectivity index (χ0v) is 12.3. The summed E-state index contributed by atoms with van der Waals surface area (Å²) in [6, 6.07) is 0. The van der Waals surface area contributed by atoms with Gasteiger partial charge in [-0.25, -0.2) is 4.79 Å². The minimum Gasteiger partial charge on any atom is -0.444 e. The Morgan fingerprint density at radius 1 is 1.32 bits per heavy atom. The molecule has 0 aromatic rings. The van der Waals surface area contributed by atoms with Crippen LogP contribution in [0.15, 0.2) is 0 Å². The average Bonchev–Trinajstić information content (AvgIpc) is 2.51. The highest BCUT2D eigenvalue weighted by Crippen LogP contribution is 2.32. The molecular formula is C14H26N2O3. The number of carbonyl (C=O) groups is 1. The molecule has 2 rings (SSSR count). The number of ether oxygens (including phenoxy) is 2. The van der Waals surface area contributed by atoms with Gasteiger partial charge in [0, 0.05) is 44.8 Å². The van der Waals surface area contributed by atoms with Crippen LogP contribution in [0.4, 0.5) is 4.79 Å². The van der Waals surface area contributed by atoms with Crippen molar-refractivity contribution in [1.82, 2.24) is 10.2 Å². The van der Waals surface area contributed by atoms with E-state index in [1.807, 2.05) is 25.7 Å². The fourth-order valence-electron chi connectivity index (χ4n) is 2.73. The predicted octanol–water partition coefficient (Wildman–Crippen LogP) is 1.62. The first-order valence-corrected chi connectivity index (χ1v) is 7.17. The second-order valence-electron chi connectivity index (χ2n) is 6.69. The van der Waals surface area contributed by atoms with Gasteiger partial charge in [-0.15, -0.1) is 0 Å². The second kappa shape index (κ2) is 5.67. The molecule has 0 radical (unpaired) electrons. The summed E-state index contributed by atoms with van der Waals surface area (Å²) < 4.78 is 10.9. The molecule has 19 heavy (non-hydrogen) atoms. The van der Waals surface area contributed by atoms with Crippen molar-refractivity contribution in [2.75, 3.05) is 39.4 Å². The molecule has 1 amide bonds. The molecule has 0 aromatic carbocycles. The summed E-state index contributed by atoms with van der Waals surface area (Å²) in [7, 11) is 0. The minimum atomic E-state index is -0.431. The monoisotopic (exact) mass is 270 g/mol. The molecule has 0 unspecified atom stereocenters. The predicted molar refractivity (Wildman–Crippen MR) is 73.2 cm³/mol. The lowest BCUT2D eigenvalue weighted by Gasteiger charge is -2.39. The minimum absolute atomic E-state index is 0.158. The lowest BCUT2D eigenvalue weighted by atomic mass is 9.80.